The molecule has 2 aliphatic rings. The summed E-state index contributed by atoms with van der Waals surface area (Å²) in [5, 5.41) is 9.43. The molecule has 2 aromatic heterocycles. The number of rotatable bonds is 5. The molecule has 0 unspecified atom stereocenters. The number of fused-ring (bicyclic) bond motifs is 3. The molecular weight excluding hydrogens is 548 g/mol. The van der Waals surface area contributed by atoms with E-state index in [1.807, 2.05) is 37.3 Å². The van der Waals surface area contributed by atoms with Gasteiger partial charge in [0.2, 0.25) is 0 Å². The third-order valence-electron chi connectivity index (χ3n) is 7.93. The smallest absolute Gasteiger partial charge is 0.335 e. The Bertz CT molecular complexity index is 2110. The van der Waals surface area contributed by atoms with E-state index in [0.29, 0.717) is 26.4 Å². The zero-order chi connectivity index (χ0) is 29.0. The molecule has 7 nitrogen and oxygen atoms in total. The topological polar surface area (TPSA) is 94.0 Å². The Kier molecular flexibility index (Phi) is 6.28. The van der Waals surface area contributed by atoms with Crippen LogP contribution in [0.1, 0.15) is 50.8 Å². The lowest BCUT2D eigenvalue weighted by Crippen LogP contribution is -2.38. The van der Waals surface area contributed by atoms with Crippen molar-refractivity contribution in [3.8, 4) is 17.1 Å². The Morgan fingerprint density at radius 1 is 1.05 bits per heavy atom. The summed E-state index contributed by atoms with van der Waals surface area (Å²) in [6.45, 7) is 1.90. The van der Waals surface area contributed by atoms with E-state index < -0.39 is 5.97 Å². The number of ether oxygens (including phenoxy) is 1. The maximum atomic E-state index is 14.0. The van der Waals surface area contributed by atoms with Crippen LogP contribution in [0, 0.1) is 6.92 Å². The number of aromatic carboxylic acids is 1. The summed E-state index contributed by atoms with van der Waals surface area (Å²) >= 11 is 1.34. The van der Waals surface area contributed by atoms with Crippen molar-refractivity contribution in [2.24, 2.45) is 4.99 Å². The minimum absolute atomic E-state index is 0.140. The number of benzene rings is 3. The van der Waals surface area contributed by atoms with E-state index in [1.54, 1.807) is 48.1 Å². The quantitative estimate of drug-likeness (QED) is 0.295. The summed E-state index contributed by atoms with van der Waals surface area (Å²) in [5.74, 6) is 0.772. The second-order valence-corrected chi connectivity index (χ2v) is 11.4. The lowest BCUT2D eigenvalue weighted by Gasteiger charge is -2.31. The van der Waals surface area contributed by atoms with E-state index in [-0.39, 0.29) is 17.2 Å². The Morgan fingerprint density at radius 2 is 1.90 bits per heavy atom. The first-order valence-corrected chi connectivity index (χ1v) is 14.4. The molecule has 5 aromatic rings. The molecule has 7 rings (SSSR count). The summed E-state index contributed by atoms with van der Waals surface area (Å²) in [7, 11) is 1.64. The third kappa shape index (κ3) is 4.31. The number of hydrogen-bond acceptors (Lipinski definition) is 6. The van der Waals surface area contributed by atoms with Crippen molar-refractivity contribution in [1.82, 2.24) is 4.57 Å². The lowest BCUT2D eigenvalue weighted by atomic mass is 9.83. The Balaban J connectivity index is 1.38. The number of carbonyl (C=O) groups is 1. The van der Waals surface area contributed by atoms with Gasteiger partial charge in [-0.1, -0.05) is 53.8 Å². The fourth-order valence-corrected chi connectivity index (χ4v) is 6.84. The Morgan fingerprint density at radius 3 is 2.74 bits per heavy atom. The van der Waals surface area contributed by atoms with Crippen LogP contribution in [-0.2, 0) is 6.42 Å². The molecule has 1 aliphatic carbocycles. The van der Waals surface area contributed by atoms with Crippen molar-refractivity contribution in [1.29, 1.82) is 0 Å². The highest BCUT2D eigenvalue weighted by atomic mass is 32.1. The summed E-state index contributed by atoms with van der Waals surface area (Å²) in [6.07, 6.45) is 3.42. The summed E-state index contributed by atoms with van der Waals surface area (Å²) < 4.78 is 13.9. The molecule has 0 amide bonds. The van der Waals surface area contributed by atoms with E-state index >= 15 is 0 Å². The minimum atomic E-state index is -1.000. The molecule has 0 saturated heterocycles. The normalized spacial score (nSPS) is 16.0. The van der Waals surface area contributed by atoms with E-state index in [9.17, 15) is 14.7 Å². The van der Waals surface area contributed by atoms with Crippen molar-refractivity contribution in [3.63, 3.8) is 0 Å². The van der Waals surface area contributed by atoms with Crippen molar-refractivity contribution >= 4 is 29.1 Å². The molecule has 1 aliphatic heterocycles. The van der Waals surface area contributed by atoms with Crippen LogP contribution < -0.4 is 19.6 Å². The fraction of sp³-hybridized carbons (Fsp3) is 0.147. The van der Waals surface area contributed by atoms with Crippen LogP contribution in [0.15, 0.2) is 98.6 Å². The van der Waals surface area contributed by atoms with Crippen molar-refractivity contribution < 1.29 is 19.1 Å². The Labute approximate surface area is 245 Å². The number of aryl methyl sites for hydroxylation is 2. The van der Waals surface area contributed by atoms with Gasteiger partial charge in [0.15, 0.2) is 4.80 Å². The van der Waals surface area contributed by atoms with Crippen molar-refractivity contribution in [2.75, 3.05) is 7.11 Å². The molecule has 0 radical (unpaired) electrons. The number of nitrogens with zero attached hydrogens (tertiary/aromatic N) is 2. The van der Waals surface area contributed by atoms with E-state index in [0.717, 1.165) is 46.6 Å². The number of carboxylic acids is 1. The van der Waals surface area contributed by atoms with Crippen LogP contribution in [0.25, 0.3) is 23.1 Å². The van der Waals surface area contributed by atoms with E-state index in [4.69, 9.17) is 14.1 Å². The summed E-state index contributed by atoms with van der Waals surface area (Å²) in [5.41, 5.74) is 7.03. The van der Waals surface area contributed by atoms with Gasteiger partial charge >= 0.3 is 5.97 Å². The van der Waals surface area contributed by atoms with Gasteiger partial charge in [-0.25, -0.2) is 9.79 Å². The predicted molar refractivity (Wildman–Crippen MR) is 162 cm³/mol. The minimum Gasteiger partial charge on any atom is -0.497 e. The molecule has 0 saturated carbocycles. The number of thiazole rings is 1. The number of carboxylic acid groups (broad SMARTS) is 1. The van der Waals surface area contributed by atoms with Crippen LogP contribution in [0.5, 0.6) is 5.75 Å². The van der Waals surface area contributed by atoms with Gasteiger partial charge in [0, 0.05) is 17.2 Å². The van der Waals surface area contributed by atoms with Gasteiger partial charge < -0.3 is 14.3 Å². The number of aromatic nitrogens is 1. The fourth-order valence-electron chi connectivity index (χ4n) is 5.86. The van der Waals surface area contributed by atoms with Gasteiger partial charge in [-0.2, -0.15) is 0 Å². The van der Waals surface area contributed by atoms with Gasteiger partial charge in [-0.05, 0) is 78.4 Å². The lowest BCUT2D eigenvalue weighted by molar-refractivity contribution is 0.0697. The summed E-state index contributed by atoms with van der Waals surface area (Å²) in [4.78, 5) is 31.3. The van der Waals surface area contributed by atoms with Crippen LogP contribution in [-0.4, -0.2) is 22.8 Å². The first-order chi connectivity index (χ1) is 20.4. The molecule has 3 aromatic carbocycles. The SMILES string of the molecule is COc1cccc([C@@H]2C3=C(N=c4s/c(=C\c5ccc(-c6cc(C(=O)O)ccc6C)o5)c(=O)n42)c2ccccc2CC3)c1. The molecule has 0 fully saturated rings. The maximum Gasteiger partial charge on any atom is 0.335 e. The van der Waals surface area contributed by atoms with E-state index in [2.05, 4.69) is 18.2 Å². The summed E-state index contributed by atoms with van der Waals surface area (Å²) in [6, 6.07) is 24.4. The Hall–Kier alpha value is -4.95. The van der Waals surface area contributed by atoms with Crippen molar-refractivity contribution in [2.45, 2.75) is 25.8 Å². The first-order valence-electron chi connectivity index (χ1n) is 13.6. The van der Waals surface area contributed by atoms with Gasteiger partial charge in [0.1, 0.15) is 17.3 Å². The number of hydrogen-bond donors (Lipinski definition) is 1. The van der Waals surface area contributed by atoms with Crippen LogP contribution in [0.3, 0.4) is 0 Å². The molecule has 1 atom stereocenters. The highest BCUT2D eigenvalue weighted by molar-refractivity contribution is 7.07. The standard InChI is InChI=1S/C34H26N2O5S/c1-19-10-11-22(33(38)39)17-27(19)28-15-13-24(41-28)18-29-32(37)36-31(21-7-5-8-23(16-21)40-2)26-14-12-20-6-3-4-9-25(20)30(26)35-34(36)42-29/h3-11,13,15-18,31H,12,14H2,1-2H3,(H,38,39)/b29-18-/t31-/m1/s1. The average Bonchev–Trinajstić information content (AvgIpc) is 3.60. The second kappa shape index (κ2) is 10.2. The van der Waals surface area contributed by atoms with Gasteiger partial charge in [0.05, 0.1) is 28.9 Å². The van der Waals surface area contributed by atoms with Crippen LogP contribution >= 0.6 is 11.3 Å². The van der Waals surface area contributed by atoms with E-state index in [1.165, 1.54) is 16.9 Å². The molecule has 42 heavy (non-hydrogen) atoms. The monoisotopic (exact) mass is 574 g/mol. The average molecular weight is 575 g/mol. The molecule has 208 valence electrons. The van der Waals surface area contributed by atoms with Crippen LogP contribution in [0.2, 0.25) is 0 Å². The van der Waals surface area contributed by atoms with Gasteiger partial charge in [-0.15, -0.1) is 0 Å². The molecule has 8 heteroatoms. The molecule has 3 heterocycles. The number of methoxy groups -OCH3 is 1. The van der Waals surface area contributed by atoms with Gasteiger partial charge in [-0.3, -0.25) is 9.36 Å². The number of furan rings is 1. The zero-order valence-electron chi connectivity index (χ0n) is 23.0. The maximum absolute atomic E-state index is 14.0. The van der Waals surface area contributed by atoms with Crippen molar-refractivity contribution in [3.05, 3.63) is 138 Å². The molecule has 0 bridgehead atoms. The highest BCUT2D eigenvalue weighted by Gasteiger charge is 2.32. The number of allylic oxidation sites excluding steroid dienone is 1. The molecular formula is C34H26N2O5S. The predicted octanol–water partition coefficient (Wildman–Crippen LogP) is 5.59. The highest BCUT2D eigenvalue weighted by Crippen LogP contribution is 2.41. The molecule has 0 spiro atoms. The zero-order valence-corrected chi connectivity index (χ0v) is 23.8. The third-order valence-corrected chi connectivity index (χ3v) is 8.92. The largest absolute Gasteiger partial charge is 0.497 e. The molecule has 1 N–H and O–H groups in total. The van der Waals surface area contributed by atoms with Gasteiger partial charge in [0.25, 0.3) is 5.56 Å². The second-order valence-electron chi connectivity index (χ2n) is 10.4. The first kappa shape index (κ1) is 26.0. The van der Waals surface area contributed by atoms with Crippen LogP contribution in [0.4, 0.5) is 0 Å².